The number of rotatable bonds is 5. The summed E-state index contributed by atoms with van der Waals surface area (Å²) in [5.74, 6) is 2.01. The van der Waals surface area contributed by atoms with Crippen LogP contribution in [0.15, 0.2) is 4.52 Å². The molecule has 0 aliphatic heterocycles. The molecule has 4 heteroatoms. The molecule has 1 unspecified atom stereocenters. The highest BCUT2D eigenvalue weighted by molar-refractivity contribution is 4.89. The van der Waals surface area contributed by atoms with E-state index in [-0.39, 0.29) is 5.41 Å². The average Bonchev–Trinajstić information content (AvgIpc) is 2.61. The van der Waals surface area contributed by atoms with E-state index >= 15 is 0 Å². The van der Waals surface area contributed by atoms with Crippen LogP contribution in [0.2, 0.25) is 0 Å². The third-order valence-electron chi connectivity index (χ3n) is 3.14. The lowest BCUT2D eigenvalue weighted by atomic mass is 9.80. The van der Waals surface area contributed by atoms with Crippen LogP contribution < -0.4 is 5.32 Å². The highest BCUT2D eigenvalue weighted by Gasteiger charge is 2.22. The number of hydrogen-bond donors (Lipinski definition) is 1. The van der Waals surface area contributed by atoms with Crippen molar-refractivity contribution in [2.75, 3.05) is 0 Å². The van der Waals surface area contributed by atoms with Gasteiger partial charge in [0.15, 0.2) is 5.82 Å². The molecular weight excluding hydrogens is 214 g/mol. The molecule has 0 aromatic carbocycles. The maximum atomic E-state index is 5.26. The van der Waals surface area contributed by atoms with Gasteiger partial charge in [0, 0.05) is 12.5 Å². The Bertz CT molecular complexity index is 339. The first kappa shape index (κ1) is 14.2. The smallest absolute Gasteiger partial charge is 0.226 e. The molecule has 0 spiro atoms. The van der Waals surface area contributed by atoms with Crippen LogP contribution in [0.3, 0.4) is 0 Å². The fourth-order valence-corrected chi connectivity index (χ4v) is 1.31. The first-order valence-corrected chi connectivity index (χ1v) is 6.34. The van der Waals surface area contributed by atoms with Gasteiger partial charge in [-0.25, -0.2) is 0 Å². The van der Waals surface area contributed by atoms with Gasteiger partial charge in [0.1, 0.15) is 0 Å². The summed E-state index contributed by atoms with van der Waals surface area (Å²) >= 11 is 0. The summed E-state index contributed by atoms with van der Waals surface area (Å²) in [6.45, 7) is 13.8. The zero-order valence-corrected chi connectivity index (χ0v) is 11.9. The van der Waals surface area contributed by atoms with E-state index in [1.807, 2.05) is 0 Å². The van der Waals surface area contributed by atoms with Gasteiger partial charge >= 0.3 is 0 Å². The van der Waals surface area contributed by atoms with Gasteiger partial charge < -0.3 is 9.84 Å². The van der Waals surface area contributed by atoms with Crippen LogP contribution in [0.1, 0.15) is 53.3 Å². The van der Waals surface area contributed by atoms with Gasteiger partial charge in [-0.05, 0) is 11.3 Å². The van der Waals surface area contributed by atoms with Gasteiger partial charge in [-0.3, -0.25) is 0 Å². The summed E-state index contributed by atoms with van der Waals surface area (Å²) in [6.07, 6.45) is 0.845. The normalized spacial score (nSPS) is 14.3. The number of nitrogens with one attached hydrogen (secondary N) is 1. The Kier molecular flexibility index (Phi) is 4.69. The molecule has 0 radical (unpaired) electrons. The summed E-state index contributed by atoms with van der Waals surface area (Å²) in [6, 6.07) is 0.436. The van der Waals surface area contributed by atoms with Crippen molar-refractivity contribution in [1.29, 1.82) is 0 Å². The van der Waals surface area contributed by atoms with Gasteiger partial charge in [-0.1, -0.05) is 46.7 Å². The second kappa shape index (κ2) is 5.63. The molecule has 0 bridgehead atoms. The monoisotopic (exact) mass is 239 g/mol. The van der Waals surface area contributed by atoms with E-state index in [4.69, 9.17) is 4.52 Å². The van der Waals surface area contributed by atoms with E-state index in [2.05, 4.69) is 57.0 Å². The van der Waals surface area contributed by atoms with E-state index in [9.17, 15) is 0 Å². The standard InChI is InChI=1S/C13H25N3O/c1-9(2)14-8-11-15-12(17-16-11)7-10(3)13(4,5)6/h9-10,14H,7-8H2,1-6H3. The van der Waals surface area contributed by atoms with Gasteiger partial charge in [0.05, 0.1) is 6.54 Å². The molecule has 0 amide bonds. The van der Waals surface area contributed by atoms with Crippen molar-refractivity contribution in [2.45, 2.75) is 60.5 Å². The van der Waals surface area contributed by atoms with Gasteiger partial charge in [-0.2, -0.15) is 4.98 Å². The molecule has 0 aliphatic rings. The van der Waals surface area contributed by atoms with Crippen molar-refractivity contribution < 1.29 is 4.52 Å². The highest BCUT2D eigenvalue weighted by Crippen LogP contribution is 2.27. The summed E-state index contributed by atoms with van der Waals surface area (Å²) in [7, 11) is 0. The maximum absolute atomic E-state index is 5.26. The van der Waals surface area contributed by atoms with Crippen molar-refractivity contribution >= 4 is 0 Å². The van der Waals surface area contributed by atoms with Crippen LogP contribution in [0.5, 0.6) is 0 Å². The Labute approximate surface area is 104 Å². The zero-order valence-electron chi connectivity index (χ0n) is 11.9. The van der Waals surface area contributed by atoms with Crippen LogP contribution in [0.25, 0.3) is 0 Å². The highest BCUT2D eigenvalue weighted by atomic mass is 16.5. The van der Waals surface area contributed by atoms with Crippen molar-refractivity contribution in [3.63, 3.8) is 0 Å². The number of hydrogen-bond acceptors (Lipinski definition) is 4. The summed E-state index contributed by atoms with van der Waals surface area (Å²) in [5.41, 5.74) is 0.269. The molecule has 1 aromatic heterocycles. The minimum atomic E-state index is 0.269. The Morgan fingerprint density at radius 3 is 2.41 bits per heavy atom. The van der Waals surface area contributed by atoms with Gasteiger partial charge in [0.2, 0.25) is 5.89 Å². The lowest BCUT2D eigenvalue weighted by molar-refractivity contribution is 0.236. The summed E-state index contributed by atoms with van der Waals surface area (Å²) in [5, 5.41) is 7.25. The molecule has 1 N–H and O–H groups in total. The quantitative estimate of drug-likeness (QED) is 0.858. The van der Waals surface area contributed by atoms with E-state index < -0.39 is 0 Å². The Morgan fingerprint density at radius 1 is 1.24 bits per heavy atom. The van der Waals surface area contributed by atoms with E-state index in [1.54, 1.807) is 0 Å². The second-order valence-corrected chi connectivity index (χ2v) is 6.11. The van der Waals surface area contributed by atoms with Crippen LogP contribution in [0.4, 0.5) is 0 Å². The summed E-state index contributed by atoms with van der Waals surface area (Å²) < 4.78 is 5.26. The van der Waals surface area contributed by atoms with Crippen LogP contribution >= 0.6 is 0 Å². The van der Waals surface area contributed by atoms with E-state index in [1.165, 1.54) is 0 Å². The lowest BCUT2D eigenvalue weighted by Gasteiger charge is -2.25. The Hall–Kier alpha value is -0.900. The molecule has 0 saturated heterocycles. The van der Waals surface area contributed by atoms with Gasteiger partial charge in [0.25, 0.3) is 0 Å². The Morgan fingerprint density at radius 2 is 1.88 bits per heavy atom. The molecule has 0 saturated carbocycles. The van der Waals surface area contributed by atoms with Gasteiger partial charge in [-0.15, -0.1) is 0 Å². The first-order chi connectivity index (χ1) is 7.79. The third kappa shape index (κ3) is 4.86. The molecular formula is C13H25N3O. The Balaban J connectivity index is 2.51. The molecule has 98 valence electrons. The summed E-state index contributed by atoms with van der Waals surface area (Å²) in [4.78, 5) is 4.40. The lowest BCUT2D eigenvalue weighted by Crippen LogP contribution is -2.22. The molecule has 1 rings (SSSR count). The zero-order chi connectivity index (χ0) is 13.1. The van der Waals surface area contributed by atoms with E-state index in [0.29, 0.717) is 18.5 Å². The van der Waals surface area contributed by atoms with Crippen molar-refractivity contribution in [3.05, 3.63) is 11.7 Å². The fraction of sp³-hybridized carbons (Fsp3) is 0.846. The van der Waals surface area contributed by atoms with Crippen LogP contribution in [-0.4, -0.2) is 16.2 Å². The predicted molar refractivity (Wildman–Crippen MR) is 68.6 cm³/mol. The third-order valence-corrected chi connectivity index (χ3v) is 3.14. The topological polar surface area (TPSA) is 51.0 Å². The van der Waals surface area contributed by atoms with Crippen molar-refractivity contribution in [1.82, 2.24) is 15.5 Å². The minimum absolute atomic E-state index is 0.269. The maximum Gasteiger partial charge on any atom is 0.226 e. The van der Waals surface area contributed by atoms with Crippen LogP contribution in [0, 0.1) is 11.3 Å². The van der Waals surface area contributed by atoms with Crippen molar-refractivity contribution in [2.24, 2.45) is 11.3 Å². The number of nitrogens with zero attached hydrogens (tertiary/aromatic N) is 2. The molecule has 1 heterocycles. The molecule has 17 heavy (non-hydrogen) atoms. The first-order valence-electron chi connectivity index (χ1n) is 6.34. The molecule has 4 nitrogen and oxygen atoms in total. The largest absolute Gasteiger partial charge is 0.339 e. The second-order valence-electron chi connectivity index (χ2n) is 6.11. The predicted octanol–water partition coefficient (Wildman–Crippen LogP) is 2.79. The fourth-order valence-electron chi connectivity index (χ4n) is 1.31. The SMILES string of the molecule is CC(C)NCc1noc(CC(C)C(C)(C)C)n1. The molecule has 0 aliphatic carbocycles. The molecule has 1 atom stereocenters. The molecule has 0 fully saturated rings. The minimum Gasteiger partial charge on any atom is -0.339 e. The van der Waals surface area contributed by atoms with Crippen LogP contribution in [-0.2, 0) is 13.0 Å². The van der Waals surface area contributed by atoms with E-state index in [0.717, 1.165) is 18.1 Å². The molecule has 1 aromatic rings. The average molecular weight is 239 g/mol. The van der Waals surface area contributed by atoms with Crippen molar-refractivity contribution in [3.8, 4) is 0 Å². The number of aromatic nitrogens is 2.